The van der Waals surface area contributed by atoms with Crippen molar-refractivity contribution in [2.24, 2.45) is 17.8 Å². The average molecular weight is 173 g/mol. The maximum atomic E-state index is 11.5. The molecule has 0 aromatic heterocycles. The number of allylic oxidation sites excluding steroid dienone is 3. The standard InChI is InChI=1S/C11H11NO/c13-11-9-5-2-7-1-4-8(9)10(12-11)6-3-7/h1-10H,(H,12,13). The average Bonchev–Trinajstić information content (AvgIpc) is 2.29. The number of rotatable bonds is 0. The Morgan fingerprint density at radius 3 is 2.69 bits per heavy atom. The maximum Gasteiger partial charge on any atom is 0.228 e. The van der Waals surface area contributed by atoms with Crippen LogP contribution in [0.15, 0.2) is 36.5 Å². The Morgan fingerprint density at radius 2 is 1.77 bits per heavy atom. The minimum atomic E-state index is 0.0659. The molecule has 66 valence electrons. The number of fused-ring (bicyclic) bond motifs is 1. The summed E-state index contributed by atoms with van der Waals surface area (Å²) < 4.78 is 0. The van der Waals surface area contributed by atoms with Gasteiger partial charge < -0.3 is 5.32 Å². The Kier molecular flexibility index (Phi) is 1.29. The van der Waals surface area contributed by atoms with Crippen LogP contribution in [0.25, 0.3) is 0 Å². The summed E-state index contributed by atoms with van der Waals surface area (Å²) in [6.07, 6.45) is 12.8. The van der Waals surface area contributed by atoms with Gasteiger partial charge in [0.25, 0.3) is 0 Å². The van der Waals surface area contributed by atoms with Crippen LogP contribution in [0.5, 0.6) is 0 Å². The summed E-state index contributed by atoms with van der Waals surface area (Å²) in [5, 5.41) is 3.00. The van der Waals surface area contributed by atoms with Crippen molar-refractivity contribution in [3.63, 3.8) is 0 Å². The zero-order chi connectivity index (χ0) is 8.84. The predicted octanol–water partition coefficient (Wildman–Crippen LogP) is 1.03. The lowest BCUT2D eigenvalue weighted by molar-refractivity contribution is -0.121. The molecule has 1 N–H and O–H groups in total. The van der Waals surface area contributed by atoms with Crippen LogP contribution in [0.3, 0.4) is 0 Å². The molecular formula is C11H11NO. The second kappa shape index (κ2) is 2.34. The van der Waals surface area contributed by atoms with Crippen LogP contribution in [0, 0.1) is 17.8 Å². The lowest BCUT2D eigenvalue weighted by Gasteiger charge is -2.12. The molecule has 3 aliphatic rings. The number of hydrogen-bond donors (Lipinski definition) is 1. The molecule has 2 bridgehead atoms. The van der Waals surface area contributed by atoms with Crippen molar-refractivity contribution in [1.29, 1.82) is 0 Å². The van der Waals surface area contributed by atoms with Crippen LogP contribution in [-0.2, 0) is 4.79 Å². The first-order chi connectivity index (χ1) is 6.34. The lowest BCUT2D eigenvalue weighted by atomic mass is 9.90. The van der Waals surface area contributed by atoms with Gasteiger partial charge in [0.2, 0.25) is 5.91 Å². The van der Waals surface area contributed by atoms with Gasteiger partial charge in [-0.3, -0.25) is 4.79 Å². The fourth-order valence-electron chi connectivity index (χ4n) is 2.33. The van der Waals surface area contributed by atoms with E-state index in [0.717, 1.165) is 0 Å². The number of amides is 1. The molecule has 3 rings (SSSR count). The Hall–Kier alpha value is -1.31. The van der Waals surface area contributed by atoms with E-state index in [-0.39, 0.29) is 17.9 Å². The van der Waals surface area contributed by atoms with Crippen molar-refractivity contribution in [3.05, 3.63) is 36.5 Å². The summed E-state index contributed by atoms with van der Waals surface area (Å²) in [7, 11) is 0. The zero-order valence-corrected chi connectivity index (χ0v) is 7.18. The lowest BCUT2D eigenvalue weighted by Crippen LogP contribution is -2.25. The van der Waals surface area contributed by atoms with Crippen molar-refractivity contribution in [2.45, 2.75) is 6.04 Å². The molecule has 13 heavy (non-hydrogen) atoms. The second-order valence-corrected chi connectivity index (χ2v) is 3.87. The molecule has 4 unspecified atom stereocenters. The molecule has 1 fully saturated rings. The van der Waals surface area contributed by atoms with Crippen LogP contribution < -0.4 is 5.32 Å². The normalized spacial score (nSPS) is 44.8. The van der Waals surface area contributed by atoms with Crippen molar-refractivity contribution in [2.75, 3.05) is 0 Å². The topological polar surface area (TPSA) is 29.1 Å². The number of carbonyl (C=O) groups is 1. The van der Waals surface area contributed by atoms with Crippen LogP contribution in [-0.4, -0.2) is 11.9 Å². The van der Waals surface area contributed by atoms with Gasteiger partial charge in [-0.05, 0) is 0 Å². The third-order valence-electron chi connectivity index (χ3n) is 3.08. The van der Waals surface area contributed by atoms with E-state index in [0.29, 0.717) is 11.8 Å². The molecule has 2 heteroatoms. The van der Waals surface area contributed by atoms with Crippen molar-refractivity contribution >= 4 is 5.91 Å². The van der Waals surface area contributed by atoms with Gasteiger partial charge in [0.05, 0.1) is 12.0 Å². The first-order valence-corrected chi connectivity index (χ1v) is 4.70. The minimum absolute atomic E-state index is 0.0659. The number of nitrogens with one attached hydrogen (secondary N) is 1. The summed E-state index contributed by atoms with van der Waals surface area (Å²) in [4.78, 5) is 11.5. The molecule has 0 saturated carbocycles. The molecule has 0 aromatic carbocycles. The summed E-state index contributed by atoms with van der Waals surface area (Å²) in [6, 6.07) is 0.226. The summed E-state index contributed by atoms with van der Waals surface area (Å²) >= 11 is 0. The molecule has 0 spiro atoms. The monoisotopic (exact) mass is 173 g/mol. The van der Waals surface area contributed by atoms with E-state index < -0.39 is 0 Å². The van der Waals surface area contributed by atoms with Crippen LogP contribution >= 0.6 is 0 Å². The summed E-state index contributed by atoms with van der Waals surface area (Å²) in [5.41, 5.74) is 0. The van der Waals surface area contributed by atoms with Crippen LogP contribution in [0.1, 0.15) is 0 Å². The first-order valence-electron chi connectivity index (χ1n) is 4.70. The Labute approximate surface area is 77.0 Å². The quantitative estimate of drug-likeness (QED) is 0.545. The number of carbonyl (C=O) groups excluding carboxylic acids is 1. The highest BCUT2D eigenvalue weighted by molar-refractivity contribution is 5.84. The number of hydrogen-bond acceptors (Lipinski definition) is 1. The fourth-order valence-corrected chi connectivity index (χ4v) is 2.33. The van der Waals surface area contributed by atoms with E-state index in [1.807, 2.05) is 6.08 Å². The Balaban J connectivity index is 2.15. The van der Waals surface area contributed by atoms with Crippen molar-refractivity contribution in [1.82, 2.24) is 5.32 Å². The molecule has 1 heterocycles. The van der Waals surface area contributed by atoms with E-state index >= 15 is 0 Å². The molecule has 1 saturated heterocycles. The molecule has 1 aliphatic heterocycles. The minimum Gasteiger partial charge on any atom is -0.349 e. The largest absolute Gasteiger partial charge is 0.349 e. The zero-order valence-electron chi connectivity index (χ0n) is 7.18. The van der Waals surface area contributed by atoms with Gasteiger partial charge in [0.15, 0.2) is 0 Å². The smallest absolute Gasteiger partial charge is 0.228 e. The highest BCUT2D eigenvalue weighted by atomic mass is 16.2. The van der Waals surface area contributed by atoms with E-state index in [1.165, 1.54) is 0 Å². The van der Waals surface area contributed by atoms with Crippen LogP contribution in [0.2, 0.25) is 0 Å². The van der Waals surface area contributed by atoms with Crippen molar-refractivity contribution in [3.8, 4) is 0 Å². The third-order valence-corrected chi connectivity index (χ3v) is 3.08. The molecular weight excluding hydrogens is 162 g/mol. The van der Waals surface area contributed by atoms with E-state index in [4.69, 9.17) is 0 Å². The van der Waals surface area contributed by atoms with E-state index in [1.54, 1.807) is 0 Å². The van der Waals surface area contributed by atoms with Gasteiger partial charge >= 0.3 is 0 Å². The summed E-state index contributed by atoms with van der Waals surface area (Å²) in [5.74, 6) is 0.969. The van der Waals surface area contributed by atoms with Gasteiger partial charge in [0.1, 0.15) is 0 Å². The van der Waals surface area contributed by atoms with Gasteiger partial charge in [-0.15, -0.1) is 0 Å². The molecule has 2 nitrogen and oxygen atoms in total. The molecule has 0 aromatic rings. The fraction of sp³-hybridized carbons (Fsp3) is 0.364. The van der Waals surface area contributed by atoms with Gasteiger partial charge in [-0.25, -0.2) is 0 Å². The van der Waals surface area contributed by atoms with Crippen molar-refractivity contribution < 1.29 is 4.79 Å². The Morgan fingerprint density at radius 1 is 1.00 bits per heavy atom. The molecule has 4 atom stereocenters. The summed E-state index contributed by atoms with van der Waals surface area (Å²) in [6.45, 7) is 0. The second-order valence-electron chi connectivity index (χ2n) is 3.87. The SMILES string of the molecule is O=C1NC2C=CC3C=CC1C2C=C3. The molecule has 2 aliphatic carbocycles. The predicted molar refractivity (Wildman–Crippen MR) is 49.8 cm³/mol. The molecule has 0 radical (unpaired) electrons. The highest BCUT2D eigenvalue weighted by Crippen LogP contribution is 2.33. The van der Waals surface area contributed by atoms with Crippen LogP contribution in [0.4, 0.5) is 0 Å². The van der Waals surface area contributed by atoms with Gasteiger partial charge in [0, 0.05) is 11.8 Å². The van der Waals surface area contributed by atoms with Gasteiger partial charge in [-0.2, -0.15) is 0 Å². The van der Waals surface area contributed by atoms with Gasteiger partial charge in [-0.1, -0.05) is 36.5 Å². The Bertz CT molecular complexity index is 332. The highest BCUT2D eigenvalue weighted by Gasteiger charge is 2.39. The molecule has 1 amide bonds. The third kappa shape index (κ3) is 0.916. The van der Waals surface area contributed by atoms with E-state index in [9.17, 15) is 4.79 Å². The van der Waals surface area contributed by atoms with E-state index in [2.05, 4.69) is 35.7 Å². The maximum absolute atomic E-state index is 11.5. The first kappa shape index (κ1) is 7.13.